The summed E-state index contributed by atoms with van der Waals surface area (Å²) in [5.41, 5.74) is 1.79. The van der Waals surface area contributed by atoms with Gasteiger partial charge in [-0.15, -0.1) is 0 Å². The lowest BCUT2D eigenvalue weighted by Gasteiger charge is -2.39. The maximum Gasteiger partial charge on any atom is 0.425 e. The van der Waals surface area contributed by atoms with Crippen molar-refractivity contribution < 1.29 is 47.2 Å². The van der Waals surface area contributed by atoms with Gasteiger partial charge in [0, 0.05) is 25.4 Å². The van der Waals surface area contributed by atoms with Crippen molar-refractivity contribution in [3.05, 3.63) is 163 Å². The fourth-order valence-electron chi connectivity index (χ4n) is 9.32. The first-order chi connectivity index (χ1) is 37.6. The predicted octanol–water partition coefficient (Wildman–Crippen LogP) is 12.2. The lowest BCUT2D eigenvalue weighted by Crippen LogP contribution is -2.43. The molecule has 1 amide bonds. The minimum Gasteiger partial charge on any atom is -0.497 e. The minimum absolute atomic E-state index is 0.00146. The summed E-state index contributed by atoms with van der Waals surface area (Å²) in [5, 5.41) is 10.9. The third kappa shape index (κ3) is 12.7. The van der Waals surface area contributed by atoms with Crippen LogP contribution < -0.4 is 24.2 Å². The highest BCUT2D eigenvalue weighted by Gasteiger charge is 2.46. The van der Waals surface area contributed by atoms with Gasteiger partial charge in [0.1, 0.15) is 29.4 Å². The van der Waals surface area contributed by atoms with Crippen molar-refractivity contribution in [3.8, 4) is 23.4 Å². The highest BCUT2D eigenvalue weighted by atomic mass is 31.2. The van der Waals surface area contributed by atoms with E-state index in [-0.39, 0.29) is 61.1 Å². The molecular formula is C59H67N8O10P. The molecule has 0 spiro atoms. The molecule has 408 valence electrons. The topological polar surface area (TPSA) is 185 Å². The standard InChI is InChI=1S/C59H67N8O10P/c1-40(2)66(41(3)4)78(73-36-20-35-60)77-50-37-52(74-51(50)38-72-59(43-21-14-11-15-22-43,44-27-31-48(70-9)32-28-44)45-29-33-49(71-10)34-30-45)64-39-61-53-54(64)62-56(67(58(6,7)8)76-42(5)68)63-55(53)75-57(69)65(46-23-16-12-17-24-46)47-25-18-13-19-26-47/h11-19,21-34,39-41,50-52H,20,36-38H2,1-10H3/t50-,51+,52+,78?/m0/s1. The zero-order chi connectivity index (χ0) is 55.6. The molecule has 18 nitrogen and oxygen atoms in total. The molecule has 8 rings (SSSR count). The summed E-state index contributed by atoms with van der Waals surface area (Å²) in [4.78, 5) is 49.1. The van der Waals surface area contributed by atoms with E-state index in [0.29, 0.717) is 22.9 Å². The molecule has 1 fully saturated rings. The van der Waals surface area contributed by atoms with E-state index in [1.807, 2.05) is 136 Å². The van der Waals surface area contributed by atoms with E-state index in [1.54, 1.807) is 49.4 Å². The number of hydroxylamine groups is 1. The lowest BCUT2D eigenvalue weighted by molar-refractivity contribution is -0.144. The minimum atomic E-state index is -1.79. The first-order valence-electron chi connectivity index (χ1n) is 25.8. The molecule has 0 N–H and O–H groups in total. The van der Waals surface area contributed by atoms with E-state index in [9.17, 15) is 14.9 Å². The highest BCUT2D eigenvalue weighted by molar-refractivity contribution is 7.44. The Labute approximate surface area is 457 Å². The van der Waals surface area contributed by atoms with Crippen molar-refractivity contribution in [2.24, 2.45) is 0 Å². The molecule has 4 atom stereocenters. The van der Waals surface area contributed by atoms with Crippen molar-refractivity contribution >= 4 is 49.1 Å². The van der Waals surface area contributed by atoms with Gasteiger partial charge in [0.15, 0.2) is 11.2 Å². The normalized spacial score (nSPS) is 16.0. The fraction of sp³-hybridized carbons (Fsp3) is 0.356. The number of rotatable bonds is 22. The van der Waals surface area contributed by atoms with Crippen LogP contribution in [0.2, 0.25) is 0 Å². The average molecular weight is 1080 g/mol. The van der Waals surface area contributed by atoms with E-state index in [2.05, 4.69) is 38.4 Å². The summed E-state index contributed by atoms with van der Waals surface area (Å²) in [6, 6.07) is 45.9. The SMILES string of the molecule is COc1ccc(C(OC[C@H]2O[C@@H](n3cnc4c(OC(=O)N(c5ccccc5)c5ccccc5)nc(N(OC(C)=O)C(C)(C)C)nc43)C[C@@H]2OP(OCCC#N)N(C(C)C)C(C)C)(c2ccccc2)c2ccc(OC)cc2)cc1. The molecule has 0 saturated carbocycles. The monoisotopic (exact) mass is 1080 g/mol. The predicted molar refractivity (Wildman–Crippen MR) is 297 cm³/mol. The molecular weight excluding hydrogens is 1010 g/mol. The smallest absolute Gasteiger partial charge is 0.425 e. The Balaban J connectivity index is 1.26. The van der Waals surface area contributed by atoms with Gasteiger partial charge in [-0.25, -0.2) is 19.3 Å². The van der Waals surface area contributed by atoms with E-state index in [4.69, 9.17) is 52.5 Å². The molecule has 3 heterocycles. The largest absolute Gasteiger partial charge is 0.497 e. The first-order valence-corrected chi connectivity index (χ1v) is 26.9. The number of nitrogens with zero attached hydrogens (tertiary/aromatic N) is 8. The first kappa shape index (κ1) is 56.7. The van der Waals surface area contributed by atoms with Crippen LogP contribution in [0.3, 0.4) is 0 Å². The summed E-state index contributed by atoms with van der Waals surface area (Å²) in [6.45, 7) is 15.2. The maximum atomic E-state index is 14.6. The number of carbonyl (C=O) groups is 2. The van der Waals surface area contributed by atoms with Gasteiger partial charge in [-0.05, 0) is 114 Å². The van der Waals surface area contributed by atoms with Crippen LogP contribution >= 0.6 is 8.53 Å². The van der Waals surface area contributed by atoms with Crippen LogP contribution in [-0.4, -0.2) is 93.5 Å². The van der Waals surface area contributed by atoms with Crippen LogP contribution in [0, 0.1) is 11.3 Å². The fourth-order valence-corrected chi connectivity index (χ4v) is 11.1. The second kappa shape index (κ2) is 25.3. The number of imidazole rings is 1. The summed E-state index contributed by atoms with van der Waals surface area (Å²) < 4.78 is 49.7. The zero-order valence-corrected chi connectivity index (χ0v) is 46.6. The summed E-state index contributed by atoms with van der Waals surface area (Å²) in [6.07, 6.45) is -1.16. The Morgan fingerprint density at radius 2 is 1.32 bits per heavy atom. The average Bonchev–Trinajstić information content (AvgIpc) is 4.13. The van der Waals surface area contributed by atoms with Crippen LogP contribution in [0.25, 0.3) is 11.2 Å². The number of nitriles is 1. The molecule has 19 heteroatoms. The number of benzene rings is 5. The number of hydrogen-bond donors (Lipinski definition) is 0. The third-order valence-electron chi connectivity index (χ3n) is 12.8. The van der Waals surface area contributed by atoms with Gasteiger partial charge >= 0.3 is 12.1 Å². The van der Waals surface area contributed by atoms with Gasteiger partial charge in [-0.2, -0.15) is 20.3 Å². The second-order valence-electron chi connectivity index (χ2n) is 19.9. The van der Waals surface area contributed by atoms with Crippen LogP contribution in [0.15, 0.2) is 146 Å². The number of para-hydroxylation sites is 2. The Bertz CT molecular complexity index is 3020. The molecule has 7 aromatic rings. The Morgan fingerprint density at radius 1 is 0.782 bits per heavy atom. The zero-order valence-electron chi connectivity index (χ0n) is 45.7. The number of methoxy groups -OCH3 is 2. The van der Waals surface area contributed by atoms with Crippen molar-refractivity contribution in [3.63, 3.8) is 0 Å². The van der Waals surface area contributed by atoms with Crippen molar-refractivity contribution in [2.75, 3.05) is 37.4 Å². The van der Waals surface area contributed by atoms with E-state index in [0.717, 1.165) is 16.7 Å². The number of fused-ring (bicyclic) bond motifs is 1. The van der Waals surface area contributed by atoms with E-state index < -0.39 is 50.2 Å². The van der Waals surface area contributed by atoms with Crippen LogP contribution in [0.5, 0.6) is 17.4 Å². The molecule has 0 bridgehead atoms. The highest BCUT2D eigenvalue weighted by Crippen LogP contribution is 2.51. The third-order valence-corrected chi connectivity index (χ3v) is 15.0. The lowest BCUT2D eigenvalue weighted by atomic mass is 9.80. The Kier molecular flexibility index (Phi) is 18.4. The van der Waals surface area contributed by atoms with Crippen molar-refractivity contribution in [1.82, 2.24) is 24.2 Å². The molecule has 1 aliphatic rings. The molecule has 78 heavy (non-hydrogen) atoms. The Hall–Kier alpha value is -7.49. The quantitative estimate of drug-likeness (QED) is 0.0270. The van der Waals surface area contributed by atoms with E-state index in [1.165, 1.54) is 16.9 Å². The molecule has 0 aliphatic carbocycles. The van der Waals surface area contributed by atoms with Gasteiger partial charge in [0.05, 0.1) is 69.3 Å². The number of anilines is 3. The van der Waals surface area contributed by atoms with Crippen LogP contribution in [-0.2, 0) is 33.8 Å². The molecule has 0 radical (unpaired) electrons. The molecule has 1 aliphatic heterocycles. The number of aromatic nitrogens is 4. The van der Waals surface area contributed by atoms with E-state index >= 15 is 0 Å². The van der Waals surface area contributed by atoms with Crippen LogP contribution in [0.1, 0.15) is 91.1 Å². The van der Waals surface area contributed by atoms with Gasteiger partial charge < -0.3 is 37.6 Å². The van der Waals surface area contributed by atoms with Crippen LogP contribution in [0.4, 0.5) is 22.1 Å². The molecule has 1 unspecified atom stereocenters. The second-order valence-corrected chi connectivity index (χ2v) is 21.4. The summed E-state index contributed by atoms with van der Waals surface area (Å²) in [7, 11) is 1.46. The summed E-state index contributed by atoms with van der Waals surface area (Å²) in [5.74, 6) is 0.445. The Morgan fingerprint density at radius 3 is 1.82 bits per heavy atom. The number of carbonyl (C=O) groups excluding carboxylic acids is 2. The molecule has 1 saturated heterocycles. The maximum absolute atomic E-state index is 14.6. The van der Waals surface area contributed by atoms with Gasteiger partial charge in [0.2, 0.25) is 0 Å². The number of amides is 1. The van der Waals surface area contributed by atoms with Gasteiger partial charge in [-0.3, -0.25) is 9.36 Å². The van der Waals surface area contributed by atoms with Gasteiger partial charge in [-0.1, -0.05) is 91.0 Å². The van der Waals surface area contributed by atoms with Crippen molar-refractivity contribution in [2.45, 2.75) is 110 Å². The molecule has 5 aromatic carbocycles. The van der Waals surface area contributed by atoms with Gasteiger partial charge in [0.25, 0.3) is 20.4 Å². The summed E-state index contributed by atoms with van der Waals surface area (Å²) >= 11 is 0. The molecule has 2 aromatic heterocycles. The number of ether oxygens (including phenoxy) is 5. The number of hydrogen-bond acceptors (Lipinski definition) is 16. The van der Waals surface area contributed by atoms with Crippen molar-refractivity contribution in [1.29, 1.82) is 5.26 Å².